The first-order valence-electron chi connectivity index (χ1n) is 6.10. The molecule has 1 aromatic carbocycles. The van der Waals surface area contributed by atoms with E-state index in [1.165, 1.54) is 4.31 Å². The number of halogens is 1. The van der Waals surface area contributed by atoms with Crippen LogP contribution in [0.1, 0.15) is 24.2 Å². The van der Waals surface area contributed by atoms with E-state index in [-0.39, 0.29) is 6.10 Å². The summed E-state index contributed by atoms with van der Waals surface area (Å²) in [6, 6.07) is 6.32. The fraction of sp³-hybridized carbons (Fsp3) is 0.462. The summed E-state index contributed by atoms with van der Waals surface area (Å²) in [5.74, 6) is -0.419. The lowest BCUT2D eigenvalue weighted by Gasteiger charge is -2.21. The van der Waals surface area contributed by atoms with E-state index in [4.69, 9.17) is 4.74 Å². The molecule has 0 saturated heterocycles. The van der Waals surface area contributed by atoms with Crippen molar-refractivity contribution < 1.29 is 17.9 Å². The van der Waals surface area contributed by atoms with Crippen LogP contribution in [0.5, 0.6) is 0 Å². The Balaban J connectivity index is 2.97. The van der Waals surface area contributed by atoms with Gasteiger partial charge in [-0.25, -0.2) is 13.2 Å². The number of sulfonamides is 1. The van der Waals surface area contributed by atoms with Gasteiger partial charge in [-0.05, 0) is 38.1 Å². The number of nitrogens with zero attached hydrogens (tertiary/aromatic N) is 1. The first-order valence-corrected chi connectivity index (χ1v) is 9.07. The number of benzene rings is 1. The van der Waals surface area contributed by atoms with Crippen molar-refractivity contribution in [3.8, 4) is 0 Å². The van der Waals surface area contributed by atoms with E-state index in [1.54, 1.807) is 38.1 Å². The number of hydrogen-bond donors (Lipinski definition) is 0. The van der Waals surface area contributed by atoms with Gasteiger partial charge < -0.3 is 4.74 Å². The zero-order valence-electron chi connectivity index (χ0n) is 11.7. The Morgan fingerprint density at radius 2 is 1.85 bits per heavy atom. The van der Waals surface area contributed by atoms with Crippen LogP contribution >= 0.6 is 15.9 Å². The third-order valence-electron chi connectivity index (χ3n) is 2.42. The Morgan fingerprint density at radius 3 is 2.25 bits per heavy atom. The number of rotatable bonds is 6. The summed E-state index contributed by atoms with van der Waals surface area (Å²) < 4.78 is 29.7. The molecule has 0 N–H and O–H groups in total. The third-order valence-corrected chi connectivity index (χ3v) is 3.97. The Morgan fingerprint density at radius 1 is 1.30 bits per heavy atom. The van der Waals surface area contributed by atoms with E-state index in [0.717, 1.165) is 6.26 Å². The van der Waals surface area contributed by atoms with E-state index in [9.17, 15) is 13.2 Å². The minimum Gasteiger partial charge on any atom is -0.459 e. The first kappa shape index (κ1) is 17.0. The maximum atomic E-state index is 11.7. The highest BCUT2D eigenvalue weighted by Gasteiger charge is 2.17. The summed E-state index contributed by atoms with van der Waals surface area (Å²) in [7, 11) is -3.35. The first-order chi connectivity index (χ1) is 9.25. The standard InChI is InChI=1S/C13H18BrNO4S/c1-10(2)19-13(16)11-4-6-12(7-5-11)15(9-8-14)20(3,17)18/h4-7,10H,8-9H2,1-3H3. The van der Waals surface area contributed by atoms with Gasteiger partial charge in [0.15, 0.2) is 0 Å². The lowest BCUT2D eigenvalue weighted by molar-refractivity contribution is 0.0378. The van der Waals surface area contributed by atoms with Gasteiger partial charge in [0.25, 0.3) is 0 Å². The molecule has 0 bridgehead atoms. The number of hydrogen-bond acceptors (Lipinski definition) is 4. The number of carbonyl (C=O) groups is 1. The Bertz CT molecular complexity index is 554. The summed E-state index contributed by atoms with van der Waals surface area (Å²) in [5.41, 5.74) is 0.919. The van der Waals surface area contributed by atoms with Gasteiger partial charge in [0.2, 0.25) is 10.0 Å². The molecule has 1 rings (SSSR count). The number of ether oxygens (including phenoxy) is 1. The van der Waals surface area contributed by atoms with Crippen LogP contribution in [0, 0.1) is 0 Å². The number of esters is 1. The monoisotopic (exact) mass is 363 g/mol. The van der Waals surface area contributed by atoms with Crippen LogP contribution in [0.25, 0.3) is 0 Å². The van der Waals surface area contributed by atoms with Crippen LogP contribution in [0.15, 0.2) is 24.3 Å². The van der Waals surface area contributed by atoms with Crippen molar-refractivity contribution in [2.45, 2.75) is 20.0 Å². The molecule has 0 aliphatic carbocycles. The van der Waals surface area contributed by atoms with Crippen LogP contribution in [0.2, 0.25) is 0 Å². The van der Waals surface area contributed by atoms with Crippen LogP contribution in [0.4, 0.5) is 5.69 Å². The summed E-state index contributed by atoms with van der Waals surface area (Å²) in [4.78, 5) is 11.7. The van der Waals surface area contributed by atoms with Gasteiger partial charge in [0.1, 0.15) is 0 Å². The normalized spacial score (nSPS) is 11.4. The van der Waals surface area contributed by atoms with Gasteiger partial charge in [0.05, 0.1) is 23.6 Å². The Hall–Kier alpha value is -1.08. The molecule has 5 nitrogen and oxygen atoms in total. The minimum absolute atomic E-state index is 0.192. The Labute approximate surface area is 128 Å². The van der Waals surface area contributed by atoms with Crippen molar-refractivity contribution in [3.63, 3.8) is 0 Å². The molecule has 0 spiro atoms. The number of anilines is 1. The summed E-state index contributed by atoms with van der Waals surface area (Å²) in [6.45, 7) is 3.87. The van der Waals surface area contributed by atoms with Crippen molar-refractivity contribution in [3.05, 3.63) is 29.8 Å². The topological polar surface area (TPSA) is 63.7 Å². The van der Waals surface area contributed by atoms with Crippen LogP contribution < -0.4 is 4.31 Å². The number of carbonyl (C=O) groups excluding carboxylic acids is 1. The lowest BCUT2D eigenvalue weighted by atomic mass is 10.2. The van der Waals surface area contributed by atoms with E-state index >= 15 is 0 Å². The molecule has 0 aromatic heterocycles. The predicted molar refractivity (Wildman–Crippen MR) is 83.0 cm³/mol. The van der Waals surface area contributed by atoms with Gasteiger partial charge in [-0.15, -0.1) is 0 Å². The van der Waals surface area contributed by atoms with Crippen LogP contribution in [-0.4, -0.2) is 38.6 Å². The van der Waals surface area contributed by atoms with Crippen molar-refractivity contribution in [2.24, 2.45) is 0 Å². The average Bonchev–Trinajstić information content (AvgIpc) is 2.34. The van der Waals surface area contributed by atoms with Gasteiger partial charge in [0, 0.05) is 11.9 Å². The molecule has 0 saturated carbocycles. The summed E-state index contributed by atoms with van der Waals surface area (Å²) in [6.07, 6.45) is 0.958. The third kappa shape index (κ3) is 4.79. The zero-order valence-corrected chi connectivity index (χ0v) is 14.1. The molecular formula is C13H18BrNO4S. The largest absolute Gasteiger partial charge is 0.459 e. The summed E-state index contributed by atoms with van der Waals surface area (Å²) >= 11 is 3.22. The van der Waals surface area contributed by atoms with Gasteiger partial charge in [-0.1, -0.05) is 15.9 Å². The maximum Gasteiger partial charge on any atom is 0.338 e. The van der Waals surface area contributed by atoms with Crippen molar-refractivity contribution >= 4 is 37.6 Å². The smallest absolute Gasteiger partial charge is 0.338 e. The van der Waals surface area contributed by atoms with Crippen LogP contribution in [0.3, 0.4) is 0 Å². The quantitative estimate of drug-likeness (QED) is 0.575. The second-order valence-electron chi connectivity index (χ2n) is 4.53. The molecule has 0 aliphatic heterocycles. The highest BCUT2D eigenvalue weighted by atomic mass is 79.9. The maximum absolute atomic E-state index is 11.7. The zero-order chi connectivity index (χ0) is 15.3. The molecule has 7 heteroatoms. The molecule has 0 atom stereocenters. The van der Waals surface area contributed by atoms with E-state index in [1.807, 2.05) is 0 Å². The predicted octanol–water partition coefficient (Wildman–Crippen LogP) is 2.41. The van der Waals surface area contributed by atoms with E-state index in [0.29, 0.717) is 23.1 Å². The Kier molecular flexibility index (Phi) is 6.01. The van der Waals surface area contributed by atoms with Gasteiger partial charge in [-0.3, -0.25) is 4.31 Å². The molecule has 0 radical (unpaired) electrons. The minimum atomic E-state index is -3.35. The second kappa shape index (κ2) is 7.08. The SMILES string of the molecule is CC(C)OC(=O)c1ccc(N(CCBr)S(C)(=O)=O)cc1. The average molecular weight is 364 g/mol. The second-order valence-corrected chi connectivity index (χ2v) is 7.22. The molecule has 0 heterocycles. The molecule has 0 fully saturated rings. The van der Waals surface area contributed by atoms with Crippen molar-refractivity contribution in [2.75, 3.05) is 22.4 Å². The molecule has 1 aromatic rings. The van der Waals surface area contributed by atoms with E-state index in [2.05, 4.69) is 15.9 Å². The molecule has 112 valence electrons. The number of alkyl halides is 1. The summed E-state index contributed by atoms with van der Waals surface area (Å²) in [5, 5.41) is 0.525. The molecule has 0 amide bonds. The van der Waals surface area contributed by atoms with Gasteiger partial charge >= 0.3 is 5.97 Å². The van der Waals surface area contributed by atoms with Gasteiger partial charge in [-0.2, -0.15) is 0 Å². The fourth-order valence-electron chi connectivity index (χ4n) is 1.61. The molecule has 20 heavy (non-hydrogen) atoms. The highest BCUT2D eigenvalue weighted by molar-refractivity contribution is 9.09. The van der Waals surface area contributed by atoms with E-state index < -0.39 is 16.0 Å². The molecule has 0 unspecified atom stereocenters. The molecule has 0 aliphatic rings. The molecular weight excluding hydrogens is 346 g/mol. The highest BCUT2D eigenvalue weighted by Crippen LogP contribution is 2.19. The lowest BCUT2D eigenvalue weighted by Crippen LogP contribution is -2.31. The van der Waals surface area contributed by atoms with Crippen LogP contribution in [-0.2, 0) is 14.8 Å². The van der Waals surface area contributed by atoms with Crippen molar-refractivity contribution in [1.82, 2.24) is 0 Å². The van der Waals surface area contributed by atoms with Crippen molar-refractivity contribution in [1.29, 1.82) is 0 Å². The fourth-order valence-corrected chi connectivity index (χ4v) is 3.13.